The molecule has 132 valence electrons. The van der Waals surface area contributed by atoms with Crippen LogP contribution in [0, 0.1) is 11.8 Å². The zero-order valence-corrected chi connectivity index (χ0v) is 14.5. The fourth-order valence-electron chi connectivity index (χ4n) is 3.36. The van der Waals surface area contributed by atoms with E-state index in [1.807, 2.05) is 42.5 Å². The van der Waals surface area contributed by atoms with Crippen molar-refractivity contribution in [2.75, 3.05) is 13.1 Å². The van der Waals surface area contributed by atoms with Gasteiger partial charge in [-0.1, -0.05) is 25.1 Å². The van der Waals surface area contributed by atoms with Crippen molar-refractivity contribution in [3.05, 3.63) is 59.9 Å². The second kappa shape index (κ2) is 8.12. The van der Waals surface area contributed by atoms with Crippen LogP contribution in [0.15, 0.2) is 48.7 Å². The van der Waals surface area contributed by atoms with Gasteiger partial charge < -0.3 is 9.84 Å². The number of carboxylic acids is 1. The molecule has 5 heteroatoms. The molecular formula is C20H24N2O3. The number of carboxylic acid groups (broad SMARTS) is 1. The Labute approximate surface area is 148 Å². The predicted molar refractivity (Wildman–Crippen MR) is 95.2 cm³/mol. The Morgan fingerprint density at radius 2 is 2.04 bits per heavy atom. The number of piperidine rings is 1. The van der Waals surface area contributed by atoms with Crippen molar-refractivity contribution in [3.63, 3.8) is 0 Å². The van der Waals surface area contributed by atoms with Crippen molar-refractivity contribution >= 4 is 5.97 Å². The summed E-state index contributed by atoms with van der Waals surface area (Å²) in [7, 11) is 0. The third kappa shape index (κ3) is 5.03. The van der Waals surface area contributed by atoms with Crippen LogP contribution in [0.1, 0.15) is 24.6 Å². The van der Waals surface area contributed by atoms with Crippen molar-refractivity contribution < 1.29 is 14.6 Å². The van der Waals surface area contributed by atoms with Crippen LogP contribution in [0.25, 0.3) is 0 Å². The monoisotopic (exact) mass is 340 g/mol. The zero-order chi connectivity index (χ0) is 17.6. The fraction of sp³-hybridized carbons (Fsp3) is 0.400. The molecule has 1 fully saturated rings. The highest BCUT2D eigenvalue weighted by atomic mass is 16.5. The summed E-state index contributed by atoms with van der Waals surface area (Å²) >= 11 is 0. The van der Waals surface area contributed by atoms with E-state index < -0.39 is 5.97 Å². The van der Waals surface area contributed by atoms with Gasteiger partial charge in [-0.3, -0.25) is 14.7 Å². The summed E-state index contributed by atoms with van der Waals surface area (Å²) in [6.07, 6.45) is 2.53. The molecule has 2 aromatic rings. The van der Waals surface area contributed by atoms with Crippen LogP contribution in [0.4, 0.5) is 0 Å². The molecule has 0 spiro atoms. The van der Waals surface area contributed by atoms with Crippen molar-refractivity contribution in [1.82, 2.24) is 9.88 Å². The van der Waals surface area contributed by atoms with Gasteiger partial charge in [0, 0.05) is 25.8 Å². The SMILES string of the molecule is CC1CC(C(=O)O)CN(Cc2ccc(OCc3ccccn3)cc2)C1. The highest BCUT2D eigenvalue weighted by Crippen LogP contribution is 2.24. The maximum absolute atomic E-state index is 11.3. The van der Waals surface area contributed by atoms with Gasteiger partial charge in [0.1, 0.15) is 12.4 Å². The first-order valence-corrected chi connectivity index (χ1v) is 8.67. The smallest absolute Gasteiger partial charge is 0.307 e. The number of ether oxygens (including phenoxy) is 1. The molecule has 1 saturated heterocycles. The topological polar surface area (TPSA) is 62.7 Å². The van der Waals surface area contributed by atoms with Gasteiger partial charge in [0.05, 0.1) is 11.6 Å². The van der Waals surface area contributed by atoms with E-state index in [2.05, 4.69) is 16.8 Å². The summed E-state index contributed by atoms with van der Waals surface area (Å²) in [6.45, 7) is 4.91. The predicted octanol–water partition coefficient (Wildman–Crippen LogP) is 3.20. The average Bonchev–Trinajstić information content (AvgIpc) is 2.61. The minimum absolute atomic E-state index is 0.260. The van der Waals surface area contributed by atoms with Gasteiger partial charge >= 0.3 is 5.97 Å². The molecule has 1 N–H and O–H groups in total. The molecule has 25 heavy (non-hydrogen) atoms. The van der Waals surface area contributed by atoms with Crippen LogP contribution in [0.5, 0.6) is 5.75 Å². The van der Waals surface area contributed by atoms with Gasteiger partial charge in [0.15, 0.2) is 0 Å². The van der Waals surface area contributed by atoms with Crippen molar-refractivity contribution in [1.29, 1.82) is 0 Å². The first-order valence-electron chi connectivity index (χ1n) is 8.67. The molecule has 0 saturated carbocycles. The molecule has 1 aliphatic heterocycles. The summed E-state index contributed by atoms with van der Waals surface area (Å²) in [5.41, 5.74) is 2.07. The van der Waals surface area contributed by atoms with Crippen LogP contribution < -0.4 is 4.74 Å². The van der Waals surface area contributed by atoms with Gasteiger partial charge in [-0.15, -0.1) is 0 Å². The van der Waals surface area contributed by atoms with E-state index in [1.165, 1.54) is 5.56 Å². The van der Waals surface area contributed by atoms with Crippen molar-refractivity contribution in [3.8, 4) is 5.75 Å². The Hall–Kier alpha value is -2.40. The number of pyridine rings is 1. The highest BCUT2D eigenvalue weighted by molar-refractivity contribution is 5.70. The second-order valence-corrected chi connectivity index (χ2v) is 6.82. The minimum Gasteiger partial charge on any atom is -0.487 e. The lowest BCUT2D eigenvalue weighted by molar-refractivity contribution is -0.144. The summed E-state index contributed by atoms with van der Waals surface area (Å²) in [4.78, 5) is 17.8. The molecule has 3 rings (SSSR count). The van der Waals surface area contributed by atoms with Gasteiger partial charge in [-0.25, -0.2) is 0 Å². The molecule has 1 aromatic heterocycles. The number of rotatable bonds is 6. The molecule has 5 nitrogen and oxygen atoms in total. The number of likely N-dealkylation sites (tertiary alicyclic amines) is 1. The highest BCUT2D eigenvalue weighted by Gasteiger charge is 2.29. The molecule has 0 amide bonds. The van der Waals surface area contributed by atoms with Gasteiger partial charge in [0.2, 0.25) is 0 Å². The van der Waals surface area contributed by atoms with E-state index in [0.717, 1.165) is 31.0 Å². The number of aliphatic carboxylic acids is 1. The largest absolute Gasteiger partial charge is 0.487 e. The Bertz CT molecular complexity index is 688. The van der Waals surface area contributed by atoms with Crippen LogP contribution in [-0.2, 0) is 17.9 Å². The third-order valence-electron chi connectivity index (χ3n) is 4.53. The number of hydrogen-bond donors (Lipinski definition) is 1. The fourth-order valence-corrected chi connectivity index (χ4v) is 3.36. The Kier molecular flexibility index (Phi) is 5.66. The molecule has 2 heterocycles. The minimum atomic E-state index is -0.685. The van der Waals surface area contributed by atoms with Crippen molar-refractivity contribution in [2.45, 2.75) is 26.5 Å². The van der Waals surface area contributed by atoms with Crippen LogP contribution in [0.2, 0.25) is 0 Å². The Balaban J connectivity index is 1.54. The Morgan fingerprint density at radius 3 is 2.72 bits per heavy atom. The molecular weight excluding hydrogens is 316 g/mol. The number of hydrogen-bond acceptors (Lipinski definition) is 4. The number of aromatic nitrogens is 1. The quantitative estimate of drug-likeness (QED) is 0.875. The van der Waals surface area contributed by atoms with E-state index in [9.17, 15) is 9.90 Å². The van der Waals surface area contributed by atoms with Crippen LogP contribution in [0.3, 0.4) is 0 Å². The lowest BCUT2D eigenvalue weighted by Gasteiger charge is -2.34. The number of carbonyl (C=O) groups is 1. The standard InChI is InChI=1S/C20H24N2O3/c1-15-10-17(20(23)24)13-22(11-15)12-16-5-7-19(8-6-16)25-14-18-4-2-3-9-21-18/h2-9,15,17H,10-14H2,1H3,(H,23,24). The molecule has 2 atom stereocenters. The Morgan fingerprint density at radius 1 is 1.24 bits per heavy atom. The first-order chi connectivity index (χ1) is 12.1. The molecule has 1 aliphatic rings. The zero-order valence-electron chi connectivity index (χ0n) is 14.5. The van der Waals surface area contributed by atoms with Crippen LogP contribution in [-0.4, -0.2) is 34.0 Å². The van der Waals surface area contributed by atoms with Crippen LogP contribution >= 0.6 is 0 Å². The first kappa shape index (κ1) is 17.4. The normalized spacial score (nSPS) is 21.0. The molecule has 2 unspecified atom stereocenters. The summed E-state index contributed by atoms with van der Waals surface area (Å²) in [5, 5.41) is 9.28. The van der Waals surface area contributed by atoms with E-state index in [1.54, 1.807) is 6.20 Å². The number of benzene rings is 1. The number of nitrogens with zero attached hydrogens (tertiary/aromatic N) is 2. The van der Waals surface area contributed by atoms with Crippen molar-refractivity contribution in [2.24, 2.45) is 11.8 Å². The lowest BCUT2D eigenvalue weighted by atomic mass is 9.90. The summed E-state index contributed by atoms with van der Waals surface area (Å²) < 4.78 is 5.75. The lowest BCUT2D eigenvalue weighted by Crippen LogP contribution is -2.41. The average molecular weight is 340 g/mol. The molecule has 1 aromatic carbocycles. The van der Waals surface area contributed by atoms with E-state index in [0.29, 0.717) is 19.1 Å². The molecule has 0 bridgehead atoms. The molecule has 0 aliphatic carbocycles. The third-order valence-corrected chi connectivity index (χ3v) is 4.53. The van der Waals surface area contributed by atoms with Gasteiger partial charge in [-0.2, -0.15) is 0 Å². The summed E-state index contributed by atoms with van der Waals surface area (Å²) in [5.74, 6) is 0.278. The van der Waals surface area contributed by atoms with Gasteiger partial charge in [0.25, 0.3) is 0 Å². The van der Waals surface area contributed by atoms with E-state index >= 15 is 0 Å². The maximum Gasteiger partial charge on any atom is 0.307 e. The van der Waals surface area contributed by atoms with Gasteiger partial charge in [-0.05, 0) is 42.2 Å². The summed E-state index contributed by atoms with van der Waals surface area (Å²) in [6, 6.07) is 13.8. The molecule has 0 radical (unpaired) electrons. The second-order valence-electron chi connectivity index (χ2n) is 6.82. The van der Waals surface area contributed by atoms with E-state index in [-0.39, 0.29) is 5.92 Å². The maximum atomic E-state index is 11.3. The van der Waals surface area contributed by atoms with E-state index in [4.69, 9.17) is 4.74 Å².